The predicted molar refractivity (Wildman–Crippen MR) is 129 cm³/mol. The Hall–Kier alpha value is -1.85. The van der Waals surface area contributed by atoms with E-state index in [0.29, 0.717) is 65.2 Å². The summed E-state index contributed by atoms with van der Waals surface area (Å²) in [5.41, 5.74) is 0.292. The SMILES string of the molecule is COCCCN(Cc1nc2sc(C(=O)OC(C)C)c(C)c2c(=O)[nH]1)C[C@@H](O)COCC(C)C. The number of carbonyl (C=O) groups excluding carboxylic acids is 1. The molecule has 9 nitrogen and oxygen atoms in total. The Balaban J connectivity index is 2.20. The molecule has 0 aromatic carbocycles. The van der Waals surface area contributed by atoms with E-state index in [1.807, 2.05) is 4.90 Å². The van der Waals surface area contributed by atoms with E-state index in [1.54, 1.807) is 27.9 Å². The molecular weight excluding hydrogens is 446 g/mol. The van der Waals surface area contributed by atoms with Gasteiger partial charge in [0, 0.05) is 33.4 Å². The van der Waals surface area contributed by atoms with Gasteiger partial charge in [-0.25, -0.2) is 9.78 Å². The molecule has 0 saturated carbocycles. The zero-order valence-corrected chi connectivity index (χ0v) is 21.3. The molecule has 0 aliphatic carbocycles. The Labute approximate surface area is 199 Å². The lowest BCUT2D eigenvalue weighted by atomic mass is 10.2. The van der Waals surface area contributed by atoms with E-state index >= 15 is 0 Å². The number of H-pyrrole nitrogens is 1. The van der Waals surface area contributed by atoms with Gasteiger partial charge in [-0.2, -0.15) is 0 Å². The van der Waals surface area contributed by atoms with Crippen LogP contribution in [0.5, 0.6) is 0 Å². The molecule has 0 amide bonds. The van der Waals surface area contributed by atoms with Crippen LogP contribution in [0.2, 0.25) is 0 Å². The van der Waals surface area contributed by atoms with E-state index in [2.05, 4.69) is 23.8 Å². The Morgan fingerprint density at radius 2 is 1.97 bits per heavy atom. The number of methoxy groups -OCH3 is 1. The summed E-state index contributed by atoms with van der Waals surface area (Å²) < 4.78 is 16.0. The maximum Gasteiger partial charge on any atom is 0.348 e. The van der Waals surface area contributed by atoms with E-state index in [9.17, 15) is 14.7 Å². The lowest BCUT2D eigenvalue weighted by Gasteiger charge is -2.24. The van der Waals surface area contributed by atoms with Crippen molar-refractivity contribution < 1.29 is 24.1 Å². The predicted octanol–water partition coefficient (Wildman–Crippen LogP) is 2.73. The highest BCUT2D eigenvalue weighted by molar-refractivity contribution is 7.20. The average molecular weight is 484 g/mol. The molecule has 2 N–H and O–H groups in total. The average Bonchev–Trinajstić information content (AvgIpc) is 3.04. The quantitative estimate of drug-likeness (QED) is 0.311. The topological polar surface area (TPSA) is 114 Å². The number of esters is 1. The normalized spacial score (nSPS) is 12.9. The number of aryl methyl sites for hydroxylation is 1. The summed E-state index contributed by atoms with van der Waals surface area (Å²) in [6, 6.07) is 0. The van der Waals surface area contributed by atoms with Gasteiger partial charge in [-0.1, -0.05) is 13.8 Å². The molecule has 0 bridgehead atoms. The molecule has 0 aliphatic heterocycles. The van der Waals surface area contributed by atoms with Gasteiger partial charge in [-0.05, 0) is 38.7 Å². The first-order valence-electron chi connectivity index (χ1n) is 11.3. The number of fused-ring (bicyclic) bond motifs is 1. The number of ether oxygens (including phenoxy) is 3. The number of hydrogen-bond donors (Lipinski definition) is 2. The van der Waals surface area contributed by atoms with E-state index < -0.39 is 12.1 Å². The Bertz CT molecular complexity index is 956. The molecule has 2 rings (SSSR count). The highest BCUT2D eigenvalue weighted by Crippen LogP contribution is 2.28. The van der Waals surface area contributed by atoms with Crippen LogP contribution in [0.4, 0.5) is 0 Å². The van der Waals surface area contributed by atoms with Gasteiger partial charge in [-0.15, -0.1) is 11.3 Å². The molecule has 186 valence electrons. The van der Waals surface area contributed by atoms with Gasteiger partial charge in [-0.3, -0.25) is 9.69 Å². The number of nitrogens with zero attached hydrogens (tertiary/aromatic N) is 2. The van der Waals surface area contributed by atoms with Crippen LogP contribution in [-0.4, -0.2) is 78.2 Å². The standard InChI is InChI=1S/C23H37N3O6S/c1-14(2)12-31-13-17(27)10-26(8-7-9-30-6)11-18-24-21(28)19-16(5)20(33-22(19)25-18)23(29)32-15(3)4/h14-15,17,27H,7-13H2,1-6H3,(H,24,25,28)/t17-/m1/s1. The Morgan fingerprint density at radius 3 is 2.61 bits per heavy atom. The second-order valence-corrected chi connectivity index (χ2v) is 9.87. The zero-order chi connectivity index (χ0) is 24.5. The number of aromatic nitrogens is 2. The smallest absolute Gasteiger partial charge is 0.348 e. The number of carbonyl (C=O) groups is 1. The Kier molecular flexibility index (Phi) is 10.9. The minimum Gasteiger partial charge on any atom is -0.459 e. The molecular formula is C23H37N3O6S. The third kappa shape index (κ3) is 8.46. The van der Waals surface area contributed by atoms with Crippen molar-refractivity contribution in [3.05, 3.63) is 26.6 Å². The fraction of sp³-hybridized carbons (Fsp3) is 0.696. The summed E-state index contributed by atoms with van der Waals surface area (Å²) in [6.07, 6.45) is -0.144. The number of nitrogens with one attached hydrogen (secondary N) is 1. The zero-order valence-electron chi connectivity index (χ0n) is 20.5. The third-order valence-corrected chi connectivity index (χ3v) is 5.97. The maximum absolute atomic E-state index is 12.8. The minimum absolute atomic E-state index is 0.243. The summed E-state index contributed by atoms with van der Waals surface area (Å²) in [6.45, 7) is 12.2. The molecule has 0 radical (unpaired) electrons. The van der Waals surface area contributed by atoms with Crippen molar-refractivity contribution >= 4 is 27.5 Å². The van der Waals surface area contributed by atoms with Crippen LogP contribution in [-0.2, 0) is 20.8 Å². The van der Waals surface area contributed by atoms with Crippen molar-refractivity contribution in [2.75, 3.05) is 40.0 Å². The fourth-order valence-electron chi connectivity index (χ4n) is 3.40. The van der Waals surface area contributed by atoms with Crippen molar-refractivity contribution in [2.45, 2.75) is 59.8 Å². The van der Waals surface area contributed by atoms with Crippen LogP contribution in [0.15, 0.2) is 4.79 Å². The van der Waals surface area contributed by atoms with Crippen LogP contribution in [0, 0.1) is 12.8 Å². The molecule has 0 unspecified atom stereocenters. The summed E-state index contributed by atoms with van der Waals surface area (Å²) in [5, 5.41) is 10.8. The van der Waals surface area contributed by atoms with Crippen LogP contribution < -0.4 is 5.56 Å². The van der Waals surface area contributed by atoms with Crippen LogP contribution in [0.1, 0.15) is 55.2 Å². The molecule has 2 aromatic rings. The van der Waals surface area contributed by atoms with Crippen molar-refractivity contribution in [3.63, 3.8) is 0 Å². The monoisotopic (exact) mass is 483 g/mol. The molecule has 33 heavy (non-hydrogen) atoms. The minimum atomic E-state index is -0.664. The molecule has 10 heteroatoms. The van der Waals surface area contributed by atoms with E-state index in [1.165, 1.54) is 0 Å². The van der Waals surface area contributed by atoms with Crippen LogP contribution in [0.25, 0.3) is 10.2 Å². The first kappa shape index (κ1) is 27.4. The number of thiophene rings is 1. The lowest BCUT2D eigenvalue weighted by molar-refractivity contribution is 0.00544. The number of rotatable bonds is 14. The summed E-state index contributed by atoms with van der Waals surface area (Å²) in [5.74, 6) is 0.426. The van der Waals surface area contributed by atoms with Gasteiger partial charge in [0.15, 0.2) is 0 Å². The van der Waals surface area contributed by atoms with Crippen molar-refractivity contribution in [3.8, 4) is 0 Å². The lowest BCUT2D eigenvalue weighted by Crippen LogP contribution is -2.36. The van der Waals surface area contributed by atoms with Gasteiger partial charge in [0.2, 0.25) is 0 Å². The second kappa shape index (κ2) is 13.1. The summed E-state index contributed by atoms with van der Waals surface area (Å²) in [7, 11) is 1.65. The molecule has 1 atom stereocenters. The van der Waals surface area contributed by atoms with Gasteiger partial charge in [0.05, 0.1) is 30.7 Å². The molecule has 0 spiro atoms. The molecule has 0 fully saturated rings. The number of aromatic amines is 1. The van der Waals surface area contributed by atoms with Gasteiger partial charge < -0.3 is 24.3 Å². The largest absolute Gasteiger partial charge is 0.459 e. The molecule has 0 saturated heterocycles. The second-order valence-electron chi connectivity index (χ2n) is 8.87. The number of hydrogen-bond acceptors (Lipinski definition) is 9. The first-order valence-corrected chi connectivity index (χ1v) is 12.1. The highest BCUT2D eigenvalue weighted by atomic mass is 32.1. The van der Waals surface area contributed by atoms with Crippen molar-refractivity contribution in [1.29, 1.82) is 0 Å². The summed E-state index contributed by atoms with van der Waals surface area (Å²) >= 11 is 1.16. The van der Waals surface area contributed by atoms with Crippen LogP contribution >= 0.6 is 11.3 Å². The van der Waals surface area contributed by atoms with Gasteiger partial charge in [0.1, 0.15) is 15.5 Å². The van der Waals surface area contributed by atoms with Gasteiger partial charge in [0.25, 0.3) is 5.56 Å². The van der Waals surface area contributed by atoms with Crippen molar-refractivity contribution in [2.24, 2.45) is 5.92 Å². The Morgan fingerprint density at radius 1 is 1.24 bits per heavy atom. The highest BCUT2D eigenvalue weighted by Gasteiger charge is 2.22. The fourth-order valence-corrected chi connectivity index (χ4v) is 4.48. The third-order valence-electron chi connectivity index (χ3n) is 4.80. The molecule has 2 aromatic heterocycles. The van der Waals surface area contributed by atoms with E-state index in [-0.39, 0.29) is 18.3 Å². The van der Waals surface area contributed by atoms with Gasteiger partial charge >= 0.3 is 5.97 Å². The van der Waals surface area contributed by atoms with Crippen molar-refractivity contribution in [1.82, 2.24) is 14.9 Å². The summed E-state index contributed by atoms with van der Waals surface area (Å²) in [4.78, 5) is 35.6. The first-order chi connectivity index (χ1) is 15.6. The number of aliphatic hydroxyl groups excluding tert-OH is 1. The molecule has 0 aliphatic rings. The van der Waals surface area contributed by atoms with E-state index in [0.717, 1.165) is 17.8 Å². The number of aliphatic hydroxyl groups is 1. The maximum atomic E-state index is 12.8. The molecule has 2 heterocycles. The van der Waals surface area contributed by atoms with E-state index in [4.69, 9.17) is 14.2 Å². The van der Waals surface area contributed by atoms with Crippen LogP contribution in [0.3, 0.4) is 0 Å².